The van der Waals surface area contributed by atoms with Crippen LogP contribution in [0.4, 0.5) is 6.01 Å². The largest absolute Gasteiger partial charge is 0.423 e. The van der Waals surface area contributed by atoms with Crippen LogP contribution in [0.2, 0.25) is 0 Å². The van der Waals surface area contributed by atoms with E-state index < -0.39 is 0 Å². The molecule has 122 valence electrons. The molecule has 0 spiro atoms. The van der Waals surface area contributed by atoms with Gasteiger partial charge in [0.1, 0.15) is 11.6 Å². The van der Waals surface area contributed by atoms with Crippen LogP contribution >= 0.6 is 0 Å². The quantitative estimate of drug-likeness (QED) is 0.799. The third-order valence-corrected chi connectivity index (χ3v) is 4.27. The molecule has 3 heterocycles. The zero-order valence-corrected chi connectivity index (χ0v) is 13.2. The predicted molar refractivity (Wildman–Crippen MR) is 90.5 cm³/mol. The van der Waals surface area contributed by atoms with Crippen LogP contribution in [-0.4, -0.2) is 28.5 Å². The van der Waals surface area contributed by atoms with E-state index in [9.17, 15) is 4.79 Å². The average Bonchev–Trinajstić information content (AvgIpc) is 3.26. The van der Waals surface area contributed by atoms with Gasteiger partial charge in [0, 0.05) is 25.5 Å². The lowest BCUT2D eigenvalue weighted by molar-refractivity contribution is -0.122. The Hall–Kier alpha value is -2.89. The summed E-state index contributed by atoms with van der Waals surface area (Å²) in [5.74, 6) is -0.00129. The SMILES string of the molecule is O=C(NCc1cccnc1)[C@H]1CCCN1c1nc2ccccc2o1. The third kappa shape index (κ3) is 2.82. The summed E-state index contributed by atoms with van der Waals surface area (Å²) < 4.78 is 5.82. The smallest absolute Gasteiger partial charge is 0.299 e. The van der Waals surface area contributed by atoms with E-state index in [1.54, 1.807) is 12.4 Å². The number of oxazole rings is 1. The van der Waals surface area contributed by atoms with Crippen molar-refractivity contribution in [1.29, 1.82) is 0 Å². The second-order valence-electron chi connectivity index (χ2n) is 5.89. The van der Waals surface area contributed by atoms with Gasteiger partial charge in [0.05, 0.1) is 0 Å². The van der Waals surface area contributed by atoms with Crippen molar-refractivity contribution in [1.82, 2.24) is 15.3 Å². The normalized spacial score (nSPS) is 17.3. The molecule has 1 atom stereocenters. The van der Waals surface area contributed by atoms with E-state index >= 15 is 0 Å². The summed E-state index contributed by atoms with van der Waals surface area (Å²) in [4.78, 5) is 23.1. The molecule has 2 aromatic heterocycles. The summed E-state index contributed by atoms with van der Waals surface area (Å²) in [5.41, 5.74) is 2.54. The number of fused-ring (bicyclic) bond motifs is 1. The zero-order valence-electron chi connectivity index (χ0n) is 13.2. The molecule has 0 saturated carbocycles. The number of hydrogen-bond acceptors (Lipinski definition) is 5. The van der Waals surface area contributed by atoms with Crippen molar-refractivity contribution < 1.29 is 9.21 Å². The summed E-state index contributed by atoms with van der Waals surface area (Å²) in [7, 11) is 0. The molecule has 0 bridgehead atoms. The third-order valence-electron chi connectivity index (χ3n) is 4.27. The molecule has 0 radical (unpaired) electrons. The summed E-state index contributed by atoms with van der Waals surface area (Å²) in [6.07, 6.45) is 5.23. The number of para-hydroxylation sites is 2. The van der Waals surface area contributed by atoms with Crippen LogP contribution in [0.25, 0.3) is 11.1 Å². The van der Waals surface area contributed by atoms with E-state index in [1.165, 1.54) is 0 Å². The van der Waals surface area contributed by atoms with Gasteiger partial charge >= 0.3 is 0 Å². The molecule has 0 aliphatic carbocycles. The number of nitrogens with zero attached hydrogens (tertiary/aromatic N) is 3. The number of carbonyl (C=O) groups is 1. The Morgan fingerprint density at radius 3 is 3.04 bits per heavy atom. The molecular formula is C18H18N4O2. The van der Waals surface area contributed by atoms with Crippen molar-refractivity contribution in [3.63, 3.8) is 0 Å². The summed E-state index contributed by atoms with van der Waals surface area (Å²) in [6, 6.07) is 11.7. The van der Waals surface area contributed by atoms with Gasteiger partial charge in [-0.25, -0.2) is 0 Å². The molecule has 1 amide bonds. The molecule has 4 rings (SSSR count). The number of pyridine rings is 1. The molecule has 6 heteroatoms. The Balaban J connectivity index is 1.48. The van der Waals surface area contributed by atoms with Crippen molar-refractivity contribution >= 4 is 23.0 Å². The number of anilines is 1. The van der Waals surface area contributed by atoms with Gasteiger partial charge in [-0.15, -0.1) is 0 Å². The Morgan fingerprint density at radius 2 is 2.21 bits per heavy atom. The van der Waals surface area contributed by atoms with Crippen LogP contribution in [-0.2, 0) is 11.3 Å². The number of amides is 1. The first-order valence-electron chi connectivity index (χ1n) is 8.10. The summed E-state index contributed by atoms with van der Waals surface area (Å²) in [5, 5.41) is 2.98. The lowest BCUT2D eigenvalue weighted by atomic mass is 10.2. The van der Waals surface area contributed by atoms with E-state index in [2.05, 4.69) is 15.3 Å². The fourth-order valence-electron chi connectivity index (χ4n) is 3.06. The number of hydrogen-bond donors (Lipinski definition) is 1. The van der Waals surface area contributed by atoms with E-state index in [0.29, 0.717) is 12.6 Å². The van der Waals surface area contributed by atoms with E-state index in [0.717, 1.165) is 36.0 Å². The number of benzene rings is 1. The molecular weight excluding hydrogens is 304 g/mol. The molecule has 1 N–H and O–H groups in total. The van der Waals surface area contributed by atoms with Gasteiger partial charge < -0.3 is 14.6 Å². The molecule has 1 aliphatic heterocycles. The maximum atomic E-state index is 12.6. The minimum Gasteiger partial charge on any atom is -0.423 e. The first-order chi connectivity index (χ1) is 11.8. The van der Waals surface area contributed by atoms with Crippen molar-refractivity contribution in [2.75, 3.05) is 11.4 Å². The molecule has 3 aromatic rings. The van der Waals surface area contributed by atoms with Crippen LogP contribution in [0, 0.1) is 0 Å². The Kier molecular flexibility index (Phi) is 3.86. The van der Waals surface area contributed by atoms with Crippen LogP contribution < -0.4 is 10.2 Å². The minimum absolute atomic E-state index is 0.00129. The van der Waals surface area contributed by atoms with Gasteiger partial charge in [-0.3, -0.25) is 9.78 Å². The van der Waals surface area contributed by atoms with Crippen molar-refractivity contribution in [2.24, 2.45) is 0 Å². The van der Waals surface area contributed by atoms with Gasteiger partial charge in [-0.05, 0) is 36.6 Å². The highest BCUT2D eigenvalue weighted by Gasteiger charge is 2.33. The average molecular weight is 322 g/mol. The van der Waals surface area contributed by atoms with Crippen molar-refractivity contribution in [3.8, 4) is 0 Å². The molecule has 1 saturated heterocycles. The topological polar surface area (TPSA) is 71.3 Å². The minimum atomic E-state index is -0.241. The zero-order chi connectivity index (χ0) is 16.4. The van der Waals surface area contributed by atoms with Gasteiger partial charge in [0.15, 0.2) is 5.58 Å². The number of aromatic nitrogens is 2. The lowest BCUT2D eigenvalue weighted by Crippen LogP contribution is -2.43. The Bertz CT molecular complexity index is 813. The summed E-state index contributed by atoms with van der Waals surface area (Å²) in [6.45, 7) is 1.25. The standard InChI is InChI=1S/C18H18N4O2/c23-17(20-12-13-5-3-9-19-11-13)15-7-4-10-22(15)18-21-14-6-1-2-8-16(14)24-18/h1-3,5-6,8-9,11,15H,4,7,10,12H2,(H,20,23)/t15-/m1/s1. The van der Waals surface area contributed by atoms with Crippen LogP contribution in [0.1, 0.15) is 18.4 Å². The highest BCUT2D eigenvalue weighted by atomic mass is 16.4. The molecule has 24 heavy (non-hydrogen) atoms. The lowest BCUT2D eigenvalue weighted by Gasteiger charge is -2.21. The summed E-state index contributed by atoms with van der Waals surface area (Å²) >= 11 is 0. The number of nitrogens with one attached hydrogen (secondary N) is 1. The van der Waals surface area contributed by atoms with E-state index in [-0.39, 0.29) is 11.9 Å². The highest BCUT2D eigenvalue weighted by Crippen LogP contribution is 2.28. The predicted octanol–water partition coefficient (Wildman–Crippen LogP) is 2.51. The molecule has 0 unspecified atom stereocenters. The van der Waals surface area contributed by atoms with Crippen molar-refractivity contribution in [3.05, 3.63) is 54.4 Å². The van der Waals surface area contributed by atoms with Gasteiger partial charge in [-0.1, -0.05) is 18.2 Å². The second-order valence-corrected chi connectivity index (χ2v) is 5.89. The fraction of sp³-hybridized carbons (Fsp3) is 0.278. The molecule has 1 aliphatic rings. The Labute approximate surface area is 139 Å². The fourth-order valence-corrected chi connectivity index (χ4v) is 3.06. The first-order valence-corrected chi connectivity index (χ1v) is 8.10. The van der Waals surface area contributed by atoms with E-state index in [1.807, 2.05) is 41.3 Å². The van der Waals surface area contributed by atoms with Crippen molar-refractivity contribution in [2.45, 2.75) is 25.4 Å². The highest BCUT2D eigenvalue weighted by molar-refractivity contribution is 5.85. The first kappa shape index (κ1) is 14.7. The number of carbonyl (C=O) groups excluding carboxylic acids is 1. The maximum absolute atomic E-state index is 12.6. The van der Waals surface area contributed by atoms with E-state index in [4.69, 9.17) is 4.42 Å². The number of rotatable bonds is 4. The maximum Gasteiger partial charge on any atom is 0.299 e. The molecule has 1 aromatic carbocycles. The Morgan fingerprint density at radius 1 is 1.29 bits per heavy atom. The van der Waals surface area contributed by atoms with Gasteiger partial charge in [0.25, 0.3) is 6.01 Å². The van der Waals surface area contributed by atoms with Gasteiger partial charge in [0.2, 0.25) is 5.91 Å². The monoisotopic (exact) mass is 322 g/mol. The van der Waals surface area contributed by atoms with Crippen LogP contribution in [0.3, 0.4) is 0 Å². The van der Waals surface area contributed by atoms with Gasteiger partial charge in [-0.2, -0.15) is 4.98 Å². The molecule has 6 nitrogen and oxygen atoms in total. The van der Waals surface area contributed by atoms with Crippen LogP contribution in [0.15, 0.2) is 53.2 Å². The second kappa shape index (κ2) is 6.31. The van der Waals surface area contributed by atoms with Crippen LogP contribution in [0.5, 0.6) is 0 Å². The molecule has 1 fully saturated rings.